The van der Waals surface area contributed by atoms with E-state index in [0.29, 0.717) is 66.0 Å². The van der Waals surface area contributed by atoms with E-state index in [4.69, 9.17) is 24.9 Å². The van der Waals surface area contributed by atoms with Crippen molar-refractivity contribution >= 4 is 11.8 Å². The lowest BCUT2D eigenvalue weighted by molar-refractivity contribution is 0.0225. The van der Waals surface area contributed by atoms with Crippen LogP contribution in [-0.2, 0) is 17.6 Å². The van der Waals surface area contributed by atoms with E-state index >= 15 is 0 Å². The highest BCUT2D eigenvalue weighted by atomic mass is 19.1. The quantitative estimate of drug-likeness (QED) is 0.115. The second-order valence-corrected chi connectivity index (χ2v) is 20.4. The van der Waals surface area contributed by atoms with Crippen molar-refractivity contribution in [3.8, 4) is 34.0 Å². The lowest BCUT2D eigenvalue weighted by Crippen LogP contribution is -2.45. The van der Waals surface area contributed by atoms with Crippen LogP contribution in [0.5, 0.6) is 0 Å². The number of hydrogen-bond acceptors (Lipinski definition) is 12. The largest absolute Gasteiger partial charge is 0.440 e. The van der Waals surface area contributed by atoms with E-state index in [1.165, 1.54) is 9.59 Å². The number of benzene rings is 4. The summed E-state index contributed by atoms with van der Waals surface area (Å²) in [5.74, 6) is 2.58. The summed E-state index contributed by atoms with van der Waals surface area (Å²) in [6.07, 6.45) is 10.9. The molecular formula is C58H67FN10O6. The molecule has 392 valence electrons. The van der Waals surface area contributed by atoms with Gasteiger partial charge in [-0.25, -0.2) is 9.97 Å². The van der Waals surface area contributed by atoms with E-state index in [1.807, 2.05) is 133 Å². The van der Waals surface area contributed by atoms with E-state index in [0.717, 1.165) is 54.0 Å². The number of carbonyl (C=O) groups is 2. The van der Waals surface area contributed by atoms with Gasteiger partial charge in [0.05, 0.1) is 90.2 Å². The van der Waals surface area contributed by atoms with E-state index in [-0.39, 0.29) is 41.3 Å². The van der Waals surface area contributed by atoms with Gasteiger partial charge in [0.2, 0.25) is 0 Å². The highest BCUT2D eigenvalue weighted by Crippen LogP contribution is 2.38. The molecule has 4 aromatic heterocycles. The van der Waals surface area contributed by atoms with Gasteiger partial charge in [0, 0.05) is 56.3 Å². The highest BCUT2D eigenvalue weighted by molar-refractivity contribution is 5.98. The molecule has 0 saturated carbocycles. The Labute approximate surface area is 439 Å². The maximum Gasteiger partial charge on any atom is 0.256 e. The fourth-order valence-corrected chi connectivity index (χ4v) is 9.67. The molecule has 2 fully saturated rings. The van der Waals surface area contributed by atoms with Gasteiger partial charge in [0.1, 0.15) is 0 Å². The Morgan fingerprint density at radius 1 is 0.627 bits per heavy atom. The molecule has 2 aliphatic heterocycles. The van der Waals surface area contributed by atoms with Gasteiger partial charge in [0.25, 0.3) is 11.8 Å². The molecule has 16 nitrogen and oxygen atoms in total. The molecule has 2 amide bonds. The number of aromatic nitrogens is 8. The Balaban J connectivity index is 0.000000192. The molecule has 2 aliphatic rings. The molecule has 0 spiro atoms. The summed E-state index contributed by atoms with van der Waals surface area (Å²) in [6.45, 7) is 12.8. The van der Waals surface area contributed by atoms with Crippen molar-refractivity contribution in [1.29, 1.82) is 0 Å². The first-order valence-electron chi connectivity index (χ1n) is 26.0. The van der Waals surface area contributed by atoms with E-state index < -0.39 is 12.8 Å². The van der Waals surface area contributed by atoms with Crippen LogP contribution in [-0.4, -0.2) is 117 Å². The predicted molar refractivity (Wildman–Crippen MR) is 283 cm³/mol. The first-order valence-corrected chi connectivity index (χ1v) is 25.3. The number of methoxy groups -OCH3 is 1. The maximum atomic E-state index is 13.8. The van der Waals surface area contributed by atoms with Crippen molar-refractivity contribution in [3.05, 3.63) is 168 Å². The summed E-state index contributed by atoms with van der Waals surface area (Å²) in [5, 5.41) is 27.4. The summed E-state index contributed by atoms with van der Waals surface area (Å²) in [5.41, 5.74) is 4.66. The Hall–Kier alpha value is -7.63. The van der Waals surface area contributed by atoms with Gasteiger partial charge in [-0.2, -0.15) is 30.0 Å². The number of carbonyl (C=O) groups excluding carboxylic acids is 2. The number of alkyl halides is 1. The Bertz CT molecular complexity index is 3120. The van der Waals surface area contributed by atoms with Gasteiger partial charge in [-0.1, -0.05) is 84.9 Å². The number of hydrogen-bond donors (Lipinski definition) is 1. The van der Waals surface area contributed by atoms with E-state index in [9.17, 15) is 19.1 Å². The topological polar surface area (TPSA) is 184 Å². The zero-order valence-corrected chi connectivity index (χ0v) is 43.7. The van der Waals surface area contributed by atoms with Gasteiger partial charge in [0.15, 0.2) is 23.3 Å². The van der Waals surface area contributed by atoms with E-state index in [1.54, 1.807) is 45.7 Å². The third kappa shape index (κ3) is 12.7. The minimum Gasteiger partial charge on any atom is -0.440 e. The average molecular weight is 1020 g/mol. The summed E-state index contributed by atoms with van der Waals surface area (Å²) in [6, 6.07) is 34.9. The lowest BCUT2D eigenvalue weighted by Gasteiger charge is -2.37. The smallest absolute Gasteiger partial charge is 0.256 e. The summed E-state index contributed by atoms with van der Waals surface area (Å²) < 4.78 is 34.0. The second kappa shape index (κ2) is 23.7. The van der Waals surface area contributed by atoms with Gasteiger partial charge >= 0.3 is 0 Å². The minimum atomic E-state index is -1.00. The number of amides is 2. The molecule has 0 aliphatic carbocycles. The molecule has 0 bridgehead atoms. The molecule has 4 aromatic carbocycles. The SMILES string of the molecule is COC(C)(C)Cc1nc([C@@H]2CC[C@@H](C)N(C(=O)c3ccccc3-n3nccn3)C2)oc1-c1ccccc1.C[C@@H]1CC[C@@H](c2nc(CC(C)(C)O)c(-c3ccccc3)o2)CN1C(=O)c1ccccc1-n1nccn1.[2H]CF. The molecule has 8 aromatic rings. The summed E-state index contributed by atoms with van der Waals surface area (Å²) in [7, 11) is 0.714. The standard InChI is InChI=1S/C29H33N5O3.C28H31N5O3.CH3F/c1-20-14-15-22(19-33(20)28(35)23-12-8-9-13-25(23)34-30-16-17-31-34)27-32-24(18-29(2,3)36-4)26(37-27)21-10-6-5-7-11-21;1-19-13-14-21(18-32(19)27(34)22-11-7-8-12-24(22)33-29-15-16-30-33)26-31-23(17-28(2,3)35)25(36-26)20-9-5-4-6-10-20;1-2/h5-13,16-17,20,22H,14-15,18-19H2,1-4H3;4-12,15-16,19,21,35H,13-14,17-18H2,1-3H3;1H3/t20-,22-;19-,21-;/m11./s1/i;;1D. The molecule has 75 heavy (non-hydrogen) atoms. The molecule has 0 unspecified atom stereocenters. The third-order valence-corrected chi connectivity index (χ3v) is 13.8. The number of aliphatic hydroxyl groups is 1. The van der Waals surface area contributed by atoms with Gasteiger partial charge in [-0.05, 0) is 91.5 Å². The molecule has 2 saturated heterocycles. The molecule has 17 heteroatoms. The van der Waals surface area contributed by atoms with Gasteiger partial charge in [-0.15, -0.1) is 0 Å². The number of para-hydroxylation sites is 2. The van der Waals surface area contributed by atoms with Crippen LogP contribution in [0.15, 0.2) is 143 Å². The number of oxazole rings is 2. The fraction of sp³-hybridized carbons (Fsp3) is 0.379. The molecule has 0 radical (unpaired) electrons. The Kier molecular flexibility index (Phi) is 16.5. The van der Waals surface area contributed by atoms with E-state index in [2.05, 4.69) is 34.2 Å². The number of ether oxygens (including phenoxy) is 1. The molecule has 4 atom stereocenters. The Morgan fingerprint density at radius 3 is 1.39 bits per heavy atom. The number of nitrogens with zero attached hydrogens (tertiary/aromatic N) is 10. The van der Waals surface area contributed by atoms with Crippen molar-refractivity contribution in [3.63, 3.8) is 0 Å². The predicted octanol–water partition coefficient (Wildman–Crippen LogP) is 10.5. The van der Waals surface area contributed by atoms with Gasteiger partial charge < -0.3 is 28.5 Å². The number of piperidine rings is 2. The van der Waals surface area contributed by atoms with Gasteiger partial charge in [-0.3, -0.25) is 14.0 Å². The average Bonchev–Trinajstić information content (AvgIpc) is 4.29. The zero-order chi connectivity index (χ0) is 54.0. The van der Waals surface area contributed by atoms with Crippen molar-refractivity contribution < 1.29 is 34.0 Å². The number of rotatable bonds is 13. The maximum absolute atomic E-state index is 13.8. The van der Waals surface area contributed by atoms with Crippen molar-refractivity contribution in [2.45, 2.75) is 115 Å². The summed E-state index contributed by atoms with van der Waals surface area (Å²) >= 11 is 0. The van der Waals surface area contributed by atoms with Crippen molar-refractivity contribution in [2.24, 2.45) is 0 Å². The zero-order valence-electron chi connectivity index (χ0n) is 44.7. The molecular weight excluding hydrogens is 952 g/mol. The Morgan fingerprint density at radius 2 is 1.00 bits per heavy atom. The van der Waals surface area contributed by atoms with Crippen molar-refractivity contribution in [1.82, 2.24) is 49.8 Å². The normalized spacial score (nSPS) is 18.1. The number of halogens is 1. The van der Waals surface area contributed by atoms with Crippen LogP contribution in [0.4, 0.5) is 4.39 Å². The van der Waals surface area contributed by atoms with Crippen LogP contribution >= 0.6 is 0 Å². The van der Waals surface area contributed by atoms with Crippen LogP contribution in [0.1, 0.15) is 124 Å². The second-order valence-electron chi connectivity index (χ2n) is 20.4. The van der Waals surface area contributed by atoms with Crippen molar-refractivity contribution in [2.75, 3.05) is 27.4 Å². The van der Waals surface area contributed by atoms with Crippen LogP contribution in [0.25, 0.3) is 34.0 Å². The molecule has 6 heterocycles. The molecule has 1 N–H and O–H groups in total. The van der Waals surface area contributed by atoms with Crippen LogP contribution in [0.3, 0.4) is 0 Å². The van der Waals surface area contributed by atoms with Crippen LogP contribution < -0.4 is 0 Å². The first kappa shape index (κ1) is 52.2. The molecule has 10 rings (SSSR count). The monoisotopic (exact) mass is 1020 g/mol. The fourth-order valence-electron chi connectivity index (χ4n) is 9.67. The third-order valence-electron chi connectivity index (χ3n) is 13.8. The first-order chi connectivity index (χ1) is 36.6. The lowest BCUT2D eigenvalue weighted by atomic mass is 9.92. The van der Waals surface area contributed by atoms with Crippen LogP contribution in [0.2, 0.25) is 0 Å². The minimum absolute atomic E-state index is 0.00277. The number of likely N-dealkylation sites (tertiary alicyclic amines) is 2. The summed E-state index contributed by atoms with van der Waals surface area (Å²) in [4.78, 5) is 44.2. The highest BCUT2D eigenvalue weighted by Gasteiger charge is 2.37. The van der Waals surface area contributed by atoms with Crippen LogP contribution in [0, 0.1) is 0 Å².